The lowest BCUT2D eigenvalue weighted by Crippen LogP contribution is -2.35. The predicted octanol–water partition coefficient (Wildman–Crippen LogP) is -2.05. The van der Waals surface area contributed by atoms with Gasteiger partial charge in [-0.15, -0.1) is 0 Å². The van der Waals surface area contributed by atoms with E-state index in [1.54, 1.807) is 0 Å². The smallest absolute Gasteiger partial charge is 0.264 e. The first-order chi connectivity index (χ1) is 9.99. The molecule has 2 N–H and O–H groups in total. The Kier molecular flexibility index (Phi) is 9.16. The lowest BCUT2D eigenvalue weighted by atomic mass is 10.4. The van der Waals surface area contributed by atoms with Gasteiger partial charge in [0.1, 0.15) is 0 Å². The van der Waals surface area contributed by atoms with Crippen LogP contribution in [-0.2, 0) is 38.2 Å². The third-order valence-electron chi connectivity index (χ3n) is 2.02. The third-order valence-corrected chi connectivity index (χ3v) is 3.21. The zero-order valence-corrected chi connectivity index (χ0v) is 14.0. The second-order valence-corrected chi connectivity index (χ2v) is 7.54. The highest BCUT2D eigenvalue weighted by molar-refractivity contribution is 7.86. The second kappa shape index (κ2) is 9.71. The Hall–Kier alpha value is -1.24. The fourth-order valence-corrected chi connectivity index (χ4v) is 1.92. The van der Waals surface area contributed by atoms with Crippen molar-refractivity contribution in [3.05, 3.63) is 0 Å². The Bertz CT molecular complexity index is 518. The quantitative estimate of drug-likeness (QED) is 0.316. The molecule has 0 saturated heterocycles. The normalized spacial score (nSPS) is 11.9. The molecule has 0 atom stereocenters. The molecule has 0 unspecified atom stereocenters. The van der Waals surface area contributed by atoms with Crippen LogP contribution in [0, 0.1) is 0 Å². The van der Waals surface area contributed by atoms with Crippen molar-refractivity contribution in [3.8, 4) is 0 Å². The monoisotopic (exact) mass is 360 g/mol. The van der Waals surface area contributed by atoms with Gasteiger partial charge in [-0.1, -0.05) is 0 Å². The van der Waals surface area contributed by atoms with Crippen molar-refractivity contribution in [2.24, 2.45) is 0 Å². The van der Waals surface area contributed by atoms with E-state index in [4.69, 9.17) is 0 Å². The Morgan fingerprint density at radius 1 is 0.773 bits per heavy atom. The SMILES string of the molecule is CS(=O)(=O)OCCC(=O)NCCNC(=O)CCOS(C)(=O)=O. The van der Waals surface area contributed by atoms with Crippen molar-refractivity contribution in [2.75, 3.05) is 38.8 Å². The molecule has 0 saturated carbocycles. The molecule has 12 heteroatoms. The van der Waals surface area contributed by atoms with Crippen LogP contribution in [0.1, 0.15) is 12.8 Å². The van der Waals surface area contributed by atoms with Crippen LogP contribution < -0.4 is 10.6 Å². The summed E-state index contributed by atoms with van der Waals surface area (Å²) in [5, 5.41) is 4.90. The zero-order valence-electron chi connectivity index (χ0n) is 12.3. The van der Waals surface area contributed by atoms with E-state index in [1.165, 1.54) is 0 Å². The van der Waals surface area contributed by atoms with Crippen molar-refractivity contribution in [1.82, 2.24) is 10.6 Å². The summed E-state index contributed by atoms with van der Waals surface area (Å²) in [6, 6.07) is 0. The molecule has 2 amide bonds. The number of rotatable bonds is 11. The van der Waals surface area contributed by atoms with Crippen LogP contribution in [0.15, 0.2) is 0 Å². The number of hydrogen-bond acceptors (Lipinski definition) is 8. The molecular weight excluding hydrogens is 340 g/mol. The number of nitrogens with one attached hydrogen (secondary N) is 2. The summed E-state index contributed by atoms with van der Waals surface area (Å²) in [5.74, 6) is -0.836. The van der Waals surface area contributed by atoms with Crippen LogP contribution in [0.4, 0.5) is 0 Å². The van der Waals surface area contributed by atoms with E-state index >= 15 is 0 Å². The van der Waals surface area contributed by atoms with Gasteiger partial charge in [-0.05, 0) is 0 Å². The maximum absolute atomic E-state index is 11.3. The van der Waals surface area contributed by atoms with Gasteiger partial charge >= 0.3 is 0 Å². The molecule has 0 spiro atoms. The Balaban J connectivity index is 3.63. The number of carbonyl (C=O) groups excluding carboxylic acids is 2. The van der Waals surface area contributed by atoms with Crippen LogP contribution in [-0.4, -0.2) is 67.5 Å². The van der Waals surface area contributed by atoms with Gasteiger partial charge in [-0.2, -0.15) is 16.8 Å². The first-order valence-corrected chi connectivity index (χ1v) is 9.85. The fraction of sp³-hybridized carbons (Fsp3) is 0.800. The molecule has 0 aliphatic rings. The average Bonchev–Trinajstić information content (AvgIpc) is 2.31. The van der Waals surface area contributed by atoms with Gasteiger partial charge in [0.15, 0.2) is 0 Å². The molecule has 10 nitrogen and oxygen atoms in total. The highest BCUT2D eigenvalue weighted by Gasteiger charge is 2.07. The first kappa shape index (κ1) is 20.8. The molecule has 0 aliphatic carbocycles. The van der Waals surface area contributed by atoms with Gasteiger partial charge in [0.2, 0.25) is 11.8 Å². The summed E-state index contributed by atoms with van der Waals surface area (Å²) in [7, 11) is -7.13. The van der Waals surface area contributed by atoms with Crippen LogP contribution in [0.5, 0.6) is 0 Å². The van der Waals surface area contributed by atoms with Gasteiger partial charge in [-0.25, -0.2) is 0 Å². The Morgan fingerprint density at radius 3 is 1.36 bits per heavy atom. The summed E-state index contributed by atoms with van der Waals surface area (Å²) >= 11 is 0. The van der Waals surface area contributed by atoms with Gasteiger partial charge in [0, 0.05) is 13.1 Å². The maximum atomic E-state index is 11.3. The predicted molar refractivity (Wildman–Crippen MR) is 76.8 cm³/mol. The van der Waals surface area contributed by atoms with Crippen molar-refractivity contribution >= 4 is 32.1 Å². The molecule has 0 fully saturated rings. The van der Waals surface area contributed by atoms with E-state index in [1.807, 2.05) is 0 Å². The van der Waals surface area contributed by atoms with Crippen LogP contribution in [0.2, 0.25) is 0 Å². The minimum Gasteiger partial charge on any atom is -0.354 e. The van der Waals surface area contributed by atoms with Crippen LogP contribution >= 0.6 is 0 Å². The van der Waals surface area contributed by atoms with Crippen LogP contribution in [0.3, 0.4) is 0 Å². The van der Waals surface area contributed by atoms with Gasteiger partial charge in [-0.3, -0.25) is 18.0 Å². The maximum Gasteiger partial charge on any atom is 0.264 e. The summed E-state index contributed by atoms with van der Waals surface area (Å²) in [6.07, 6.45) is 1.52. The summed E-state index contributed by atoms with van der Waals surface area (Å²) in [4.78, 5) is 22.5. The van der Waals surface area contributed by atoms with Crippen molar-refractivity contribution in [3.63, 3.8) is 0 Å². The lowest BCUT2D eigenvalue weighted by Gasteiger charge is -2.07. The molecule has 0 aromatic carbocycles. The van der Waals surface area contributed by atoms with Gasteiger partial charge < -0.3 is 10.6 Å². The van der Waals surface area contributed by atoms with E-state index in [0.717, 1.165) is 12.5 Å². The standard InChI is InChI=1S/C10H20N2O8S2/c1-21(15,16)19-7-3-9(13)11-5-6-12-10(14)4-8-20-22(2,17)18/h3-8H2,1-2H3,(H,11,13)(H,12,14). The molecule has 130 valence electrons. The van der Waals surface area contributed by atoms with Crippen molar-refractivity contribution < 1.29 is 34.8 Å². The molecule has 0 aromatic heterocycles. The lowest BCUT2D eigenvalue weighted by molar-refractivity contribution is -0.123. The highest BCUT2D eigenvalue weighted by atomic mass is 32.2. The molecule has 0 aliphatic heterocycles. The Morgan fingerprint density at radius 2 is 1.09 bits per heavy atom. The van der Waals surface area contributed by atoms with E-state index in [9.17, 15) is 26.4 Å². The zero-order chi connectivity index (χ0) is 17.2. The third kappa shape index (κ3) is 15.2. The van der Waals surface area contributed by atoms with E-state index in [2.05, 4.69) is 19.0 Å². The number of amides is 2. The molecule has 0 aromatic rings. The van der Waals surface area contributed by atoms with Crippen LogP contribution in [0.25, 0.3) is 0 Å². The second-order valence-electron chi connectivity index (χ2n) is 4.25. The fourth-order valence-electron chi connectivity index (χ4n) is 1.15. The van der Waals surface area contributed by atoms with Crippen molar-refractivity contribution in [2.45, 2.75) is 12.8 Å². The number of hydrogen-bond donors (Lipinski definition) is 2. The molecule has 0 bridgehead atoms. The summed E-state index contributed by atoms with van der Waals surface area (Å²) in [6.45, 7) is -0.202. The molecule has 0 radical (unpaired) electrons. The van der Waals surface area contributed by atoms with Gasteiger partial charge in [0.25, 0.3) is 20.2 Å². The molecule has 22 heavy (non-hydrogen) atoms. The van der Waals surface area contributed by atoms with E-state index in [-0.39, 0.29) is 39.1 Å². The van der Waals surface area contributed by atoms with Gasteiger partial charge in [0.05, 0.1) is 38.6 Å². The molecular formula is C10H20N2O8S2. The Labute approximate surface area is 129 Å². The average molecular weight is 360 g/mol. The minimum atomic E-state index is -3.57. The largest absolute Gasteiger partial charge is 0.354 e. The molecule has 0 rings (SSSR count). The summed E-state index contributed by atoms with van der Waals surface area (Å²) in [5.41, 5.74) is 0. The molecule has 0 heterocycles. The van der Waals surface area contributed by atoms with Crippen molar-refractivity contribution in [1.29, 1.82) is 0 Å². The summed E-state index contributed by atoms with van der Waals surface area (Å²) < 4.78 is 51.4. The minimum absolute atomic E-state index is 0.122. The highest BCUT2D eigenvalue weighted by Crippen LogP contribution is 1.90. The number of carbonyl (C=O) groups is 2. The van der Waals surface area contributed by atoms with E-state index in [0.29, 0.717) is 0 Å². The van der Waals surface area contributed by atoms with E-state index < -0.39 is 32.1 Å². The topological polar surface area (TPSA) is 145 Å². The first-order valence-electron chi connectivity index (χ1n) is 6.22.